The number of urea groups is 1. The van der Waals surface area contributed by atoms with E-state index in [1.165, 1.54) is 36.4 Å². The molecule has 0 bridgehead atoms. The minimum Gasteiger partial charge on any atom is -0.490 e. The van der Waals surface area contributed by atoms with Crippen molar-refractivity contribution in [2.75, 3.05) is 16.4 Å². The number of hydrogen-bond donors (Lipinski definition) is 0. The molecule has 5 rings (SSSR count). The summed E-state index contributed by atoms with van der Waals surface area (Å²) in [6.45, 7) is 3.75. The van der Waals surface area contributed by atoms with Crippen LogP contribution >= 0.6 is 0 Å². The minimum atomic E-state index is -4.16. The van der Waals surface area contributed by atoms with Crippen molar-refractivity contribution in [2.45, 2.75) is 18.7 Å². The maximum Gasteiger partial charge on any atom is 0.343 e. The molecule has 42 heavy (non-hydrogen) atoms. The topological polar surface area (TPSA) is 110 Å². The van der Waals surface area contributed by atoms with Gasteiger partial charge < -0.3 is 8.92 Å². The molecule has 4 aromatic rings. The zero-order valence-electron chi connectivity index (χ0n) is 22.8. The van der Waals surface area contributed by atoms with Gasteiger partial charge in [-0.3, -0.25) is 9.59 Å². The standard InChI is InChI=1S/C32H26N2O7S/c1-3-40-29-21-23(16-19-28(29)41-42(38,39)26-17-14-22(2)15-18-26)20-27-30(35)33(24-10-6-4-7-11-24)32(37)34(31(27)36)25-12-8-5-9-13-25/h4-21H,3H2,1-2H3. The molecule has 1 aliphatic heterocycles. The molecule has 9 nitrogen and oxygen atoms in total. The van der Waals surface area contributed by atoms with Gasteiger partial charge in [0, 0.05) is 0 Å². The van der Waals surface area contributed by atoms with Crippen molar-refractivity contribution in [2.24, 2.45) is 0 Å². The van der Waals surface area contributed by atoms with Crippen molar-refractivity contribution in [3.05, 3.63) is 120 Å². The van der Waals surface area contributed by atoms with Gasteiger partial charge in [-0.05, 0) is 74.0 Å². The summed E-state index contributed by atoms with van der Waals surface area (Å²) in [5.41, 5.74) is 1.57. The predicted octanol–water partition coefficient (Wildman–Crippen LogP) is 5.74. The van der Waals surface area contributed by atoms with E-state index >= 15 is 0 Å². The molecule has 0 aromatic heterocycles. The Hall–Kier alpha value is -5.22. The molecular formula is C32H26N2O7S. The van der Waals surface area contributed by atoms with Gasteiger partial charge in [0.25, 0.3) is 11.8 Å². The van der Waals surface area contributed by atoms with Gasteiger partial charge in [0.05, 0.1) is 18.0 Å². The predicted molar refractivity (Wildman–Crippen MR) is 158 cm³/mol. The highest BCUT2D eigenvalue weighted by molar-refractivity contribution is 7.87. The molecule has 1 saturated heterocycles. The summed E-state index contributed by atoms with van der Waals surface area (Å²) >= 11 is 0. The van der Waals surface area contributed by atoms with E-state index in [0.717, 1.165) is 15.4 Å². The lowest BCUT2D eigenvalue weighted by Gasteiger charge is -2.33. The fourth-order valence-electron chi connectivity index (χ4n) is 4.33. The molecule has 1 aliphatic rings. The Morgan fingerprint density at radius 2 is 1.26 bits per heavy atom. The van der Waals surface area contributed by atoms with Crippen LogP contribution in [0, 0.1) is 6.92 Å². The zero-order valence-corrected chi connectivity index (χ0v) is 23.6. The van der Waals surface area contributed by atoms with Crippen LogP contribution in [-0.2, 0) is 19.7 Å². The van der Waals surface area contributed by atoms with Gasteiger partial charge in [0.15, 0.2) is 11.5 Å². The normalized spacial score (nSPS) is 13.8. The molecule has 1 fully saturated rings. The number of carbonyl (C=O) groups is 3. The lowest BCUT2D eigenvalue weighted by atomic mass is 10.0. The van der Waals surface area contributed by atoms with Crippen LogP contribution in [0.3, 0.4) is 0 Å². The van der Waals surface area contributed by atoms with Crippen molar-refractivity contribution in [3.63, 3.8) is 0 Å². The monoisotopic (exact) mass is 582 g/mol. The first kappa shape index (κ1) is 28.3. The Morgan fingerprint density at radius 3 is 1.79 bits per heavy atom. The van der Waals surface area contributed by atoms with E-state index in [0.29, 0.717) is 16.9 Å². The van der Waals surface area contributed by atoms with Crippen LogP contribution in [0.4, 0.5) is 16.2 Å². The number of rotatable bonds is 8. The molecular weight excluding hydrogens is 556 g/mol. The van der Waals surface area contributed by atoms with Gasteiger partial charge in [0.1, 0.15) is 10.5 Å². The molecule has 4 amide bonds. The average Bonchev–Trinajstić information content (AvgIpc) is 2.98. The van der Waals surface area contributed by atoms with Crippen LogP contribution < -0.4 is 18.7 Å². The highest BCUT2D eigenvalue weighted by Gasteiger charge is 2.43. The number of nitrogens with zero attached hydrogens (tertiary/aromatic N) is 2. The van der Waals surface area contributed by atoms with Crippen molar-refractivity contribution < 1.29 is 31.7 Å². The molecule has 0 N–H and O–H groups in total. The van der Waals surface area contributed by atoms with E-state index in [2.05, 4.69) is 0 Å². The van der Waals surface area contributed by atoms with Crippen LogP contribution in [0.2, 0.25) is 0 Å². The second-order valence-corrected chi connectivity index (χ2v) is 10.8. The molecule has 0 atom stereocenters. The van der Waals surface area contributed by atoms with Crippen LogP contribution in [0.1, 0.15) is 18.1 Å². The van der Waals surface area contributed by atoms with Crippen molar-refractivity contribution in [3.8, 4) is 11.5 Å². The maximum atomic E-state index is 13.6. The number of ether oxygens (including phenoxy) is 1. The molecule has 0 radical (unpaired) electrons. The zero-order chi connectivity index (χ0) is 29.9. The van der Waals surface area contributed by atoms with E-state index in [1.54, 1.807) is 79.7 Å². The smallest absolute Gasteiger partial charge is 0.343 e. The summed E-state index contributed by atoms with van der Waals surface area (Å²) < 4.78 is 36.9. The molecule has 10 heteroatoms. The number of para-hydroxylation sites is 2. The largest absolute Gasteiger partial charge is 0.490 e. The van der Waals surface area contributed by atoms with Gasteiger partial charge in [-0.1, -0.05) is 60.2 Å². The Balaban J connectivity index is 1.55. The van der Waals surface area contributed by atoms with Gasteiger partial charge in [-0.25, -0.2) is 14.6 Å². The molecule has 212 valence electrons. The van der Waals surface area contributed by atoms with E-state index in [9.17, 15) is 22.8 Å². The van der Waals surface area contributed by atoms with Crippen LogP contribution in [-0.4, -0.2) is 32.9 Å². The third-order valence-corrected chi connectivity index (χ3v) is 7.61. The highest BCUT2D eigenvalue weighted by Crippen LogP contribution is 2.34. The summed E-state index contributed by atoms with van der Waals surface area (Å²) in [6, 6.07) is 26.4. The Morgan fingerprint density at radius 1 is 0.714 bits per heavy atom. The number of aryl methyl sites for hydroxylation is 1. The minimum absolute atomic E-state index is 0.0215. The van der Waals surface area contributed by atoms with Gasteiger partial charge >= 0.3 is 16.1 Å². The molecule has 4 aromatic carbocycles. The van der Waals surface area contributed by atoms with E-state index in [1.807, 2.05) is 6.92 Å². The number of carbonyl (C=O) groups excluding carboxylic acids is 3. The molecule has 0 unspecified atom stereocenters. The van der Waals surface area contributed by atoms with Crippen LogP contribution in [0.5, 0.6) is 11.5 Å². The number of benzene rings is 4. The lowest BCUT2D eigenvalue weighted by molar-refractivity contribution is -0.121. The number of hydrogen-bond acceptors (Lipinski definition) is 7. The number of imide groups is 2. The third kappa shape index (κ3) is 5.65. The summed E-state index contributed by atoms with van der Waals surface area (Å²) in [5.74, 6) is -1.57. The second-order valence-electron chi connectivity index (χ2n) is 9.28. The molecule has 0 spiro atoms. The summed E-state index contributed by atoms with van der Waals surface area (Å²) in [5, 5.41) is 0. The number of anilines is 2. The average molecular weight is 583 g/mol. The molecule has 0 saturated carbocycles. The lowest BCUT2D eigenvalue weighted by Crippen LogP contribution is -2.57. The van der Waals surface area contributed by atoms with Gasteiger partial charge in [0.2, 0.25) is 0 Å². The fraction of sp³-hybridized carbons (Fsp3) is 0.0938. The Bertz CT molecular complexity index is 1720. The number of barbiturate groups is 1. The van der Waals surface area contributed by atoms with E-state index in [4.69, 9.17) is 8.92 Å². The first-order valence-corrected chi connectivity index (χ1v) is 14.4. The maximum absolute atomic E-state index is 13.6. The van der Waals surface area contributed by atoms with Gasteiger partial charge in [-0.2, -0.15) is 8.42 Å². The molecule has 0 aliphatic carbocycles. The summed E-state index contributed by atoms with van der Waals surface area (Å²) in [4.78, 5) is 42.6. The first-order valence-electron chi connectivity index (χ1n) is 13.0. The van der Waals surface area contributed by atoms with Crippen molar-refractivity contribution >= 4 is 45.4 Å². The molecule has 1 heterocycles. The highest BCUT2D eigenvalue weighted by atomic mass is 32.2. The quantitative estimate of drug-likeness (QED) is 0.148. The SMILES string of the molecule is CCOc1cc(C=C2C(=O)N(c3ccccc3)C(=O)N(c3ccccc3)C2=O)ccc1OS(=O)(=O)c1ccc(C)cc1. The second kappa shape index (κ2) is 11.7. The number of amides is 4. The Labute approximate surface area is 243 Å². The first-order chi connectivity index (χ1) is 20.2. The van der Waals surface area contributed by atoms with Gasteiger partial charge in [-0.15, -0.1) is 0 Å². The van der Waals surface area contributed by atoms with Crippen molar-refractivity contribution in [1.82, 2.24) is 0 Å². The Kier molecular flexibility index (Phi) is 7.90. The van der Waals surface area contributed by atoms with Crippen molar-refractivity contribution in [1.29, 1.82) is 0 Å². The van der Waals surface area contributed by atoms with Crippen LogP contribution in [0.25, 0.3) is 6.08 Å². The van der Waals surface area contributed by atoms with E-state index in [-0.39, 0.29) is 28.6 Å². The third-order valence-electron chi connectivity index (χ3n) is 6.37. The summed E-state index contributed by atoms with van der Waals surface area (Å²) in [6.07, 6.45) is 1.34. The fourth-order valence-corrected chi connectivity index (χ4v) is 5.27. The van der Waals surface area contributed by atoms with E-state index < -0.39 is 28.0 Å². The van der Waals surface area contributed by atoms with Crippen LogP contribution in [0.15, 0.2) is 114 Å². The summed E-state index contributed by atoms with van der Waals surface area (Å²) in [7, 11) is -4.16.